The maximum absolute atomic E-state index is 12.8. The average Bonchev–Trinajstić information content (AvgIpc) is 2.67. The number of hydrogen-bond acceptors (Lipinski definition) is 4. The van der Waals surface area contributed by atoms with Gasteiger partial charge in [0.1, 0.15) is 5.75 Å². The van der Waals surface area contributed by atoms with Crippen LogP contribution < -0.4 is 10.1 Å². The summed E-state index contributed by atoms with van der Waals surface area (Å²) in [5.74, 6) is 0.830. The van der Waals surface area contributed by atoms with Gasteiger partial charge in [0.2, 0.25) is 15.9 Å². The van der Waals surface area contributed by atoms with Crippen molar-refractivity contribution >= 4 is 21.6 Å². The van der Waals surface area contributed by atoms with Gasteiger partial charge in [0.05, 0.1) is 18.8 Å². The molecule has 3 aliphatic rings. The fourth-order valence-electron chi connectivity index (χ4n) is 4.10. The summed E-state index contributed by atoms with van der Waals surface area (Å²) in [5.41, 5.74) is 0.706. The molecular formula is C19H28N2O4S. The maximum Gasteiger partial charge on any atom is 0.229 e. The molecule has 1 amide bonds. The molecule has 0 aromatic heterocycles. The second-order valence-electron chi connectivity index (χ2n) is 7.31. The maximum atomic E-state index is 12.8. The number of ether oxygens (including phenoxy) is 1. The Bertz CT molecular complexity index is 732. The van der Waals surface area contributed by atoms with E-state index in [1.54, 1.807) is 35.7 Å². The van der Waals surface area contributed by atoms with Gasteiger partial charge in [0.15, 0.2) is 0 Å². The van der Waals surface area contributed by atoms with Crippen molar-refractivity contribution in [2.24, 2.45) is 11.8 Å². The summed E-state index contributed by atoms with van der Waals surface area (Å²) < 4.78 is 32.2. The van der Waals surface area contributed by atoms with Gasteiger partial charge in [-0.15, -0.1) is 0 Å². The number of carbonyl (C=O) groups is 1. The van der Waals surface area contributed by atoms with Gasteiger partial charge in [0.25, 0.3) is 0 Å². The number of hydrogen-bond donors (Lipinski definition) is 1. The minimum Gasteiger partial charge on any atom is -0.497 e. The van der Waals surface area contributed by atoms with Crippen LogP contribution in [0.4, 0.5) is 5.69 Å². The highest BCUT2D eigenvalue weighted by Crippen LogP contribution is 2.41. The first-order valence-corrected chi connectivity index (χ1v) is 11.0. The lowest BCUT2D eigenvalue weighted by Gasteiger charge is -2.48. The molecule has 1 saturated carbocycles. The van der Waals surface area contributed by atoms with Gasteiger partial charge in [-0.2, -0.15) is 4.31 Å². The average molecular weight is 381 g/mol. The summed E-state index contributed by atoms with van der Waals surface area (Å²) in [7, 11) is -1.69. The van der Waals surface area contributed by atoms with Crippen molar-refractivity contribution in [2.45, 2.75) is 45.1 Å². The molecule has 2 aliphatic heterocycles. The molecule has 2 heterocycles. The quantitative estimate of drug-likeness (QED) is 0.789. The first-order chi connectivity index (χ1) is 12.4. The number of unbranched alkanes of at least 4 members (excludes halogenated alkanes) is 1. The second-order valence-corrected chi connectivity index (χ2v) is 9.35. The van der Waals surface area contributed by atoms with Crippen LogP contribution in [0, 0.1) is 11.8 Å². The molecule has 1 N–H and O–H groups in total. The summed E-state index contributed by atoms with van der Waals surface area (Å²) in [6, 6.07) is 6.98. The normalized spacial score (nSPS) is 25.8. The predicted molar refractivity (Wildman–Crippen MR) is 102 cm³/mol. The molecule has 1 aromatic carbocycles. The van der Waals surface area contributed by atoms with Gasteiger partial charge in [-0.25, -0.2) is 8.42 Å². The van der Waals surface area contributed by atoms with Crippen molar-refractivity contribution < 1.29 is 17.9 Å². The molecule has 3 atom stereocenters. The molecule has 1 aromatic rings. The lowest BCUT2D eigenvalue weighted by Crippen LogP contribution is -2.58. The first-order valence-electron chi connectivity index (χ1n) is 9.39. The number of anilines is 1. The van der Waals surface area contributed by atoms with E-state index < -0.39 is 10.0 Å². The monoisotopic (exact) mass is 380 g/mol. The Balaban J connectivity index is 1.72. The molecular weight excluding hydrogens is 352 g/mol. The lowest BCUT2D eigenvalue weighted by atomic mass is 9.73. The third-order valence-corrected chi connectivity index (χ3v) is 7.48. The van der Waals surface area contributed by atoms with Crippen LogP contribution in [-0.4, -0.2) is 44.1 Å². The topological polar surface area (TPSA) is 75.7 Å². The second kappa shape index (κ2) is 7.96. The van der Waals surface area contributed by atoms with Crippen molar-refractivity contribution in [1.29, 1.82) is 0 Å². The predicted octanol–water partition coefficient (Wildman–Crippen LogP) is 2.86. The minimum atomic E-state index is -3.29. The van der Waals surface area contributed by atoms with Crippen LogP contribution in [0.15, 0.2) is 24.3 Å². The van der Waals surface area contributed by atoms with Crippen molar-refractivity contribution in [3.8, 4) is 5.75 Å². The van der Waals surface area contributed by atoms with Crippen LogP contribution in [0.1, 0.15) is 39.0 Å². The third kappa shape index (κ3) is 4.04. The number of rotatable bonds is 7. The molecule has 0 spiro atoms. The van der Waals surface area contributed by atoms with Crippen LogP contribution in [0.3, 0.4) is 0 Å². The van der Waals surface area contributed by atoms with E-state index in [-0.39, 0.29) is 29.5 Å². The van der Waals surface area contributed by atoms with Crippen LogP contribution in [0.5, 0.6) is 5.75 Å². The van der Waals surface area contributed by atoms with E-state index in [1.165, 1.54) is 0 Å². The Hall–Kier alpha value is -1.60. The first kappa shape index (κ1) is 19.2. The Kier molecular flexibility index (Phi) is 5.87. The van der Waals surface area contributed by atoms with Crippen LogP contribution in [-0.2, 0) is 14.8 Å². The van der Waals surface area contributed by atoms with Gasteiger partial charge in [-0.1, -0.05) is 13.3 Å². The summed E-state index contributed by atoms with van der Waals surface area (Å²) in [6.07, 6.45) is 4.07. The zero-order valence-corrected chi connectivity index (χ0v) is 16.3. The zero-order valence-electron chi connectivity index (χ0n) is 15.5. The fourth-order valence-corrected chi connectivity index (χ4v) is 6.09. The summed E-state index contributed by atoms with van der Waals surface area (Å²) in [4.78, 5) is 12.8. The number of piperidine rings is 2. The third-order valence-electron chi connectivity index (χ3n) is 5.54. The standard InChI is InChI=1S/C19H28N2O4S/c1-3-4-11-26(23,24)21-13-14-5-10-18(21)17(12-14)19(22)20-15-6-8-16(25-2)9-7-15/h6-9,14,17-18H,3-5,10-13H2,1-2H3,(H,20,22)/t14-,17+,18+/m0/s1. The van der Waals surface area contributed by atoms with E-state index in [0.717, 1.165) is 31.4 Å². The van der Waals surface area contributed by atoms with Gasteiger partial charge < -0.3 is 10.1 Å². The molecule has 144 valence electrons. The largest absolute Gasteiger partial charge is 0.497 e. The molecule has 26 heavy (non-hydrogen) atoms. The SMILES string of the molecule is CCCCS(=O)(=O)N1C[C@H]2CC[C@@H]1[C@H](C(=O)Nc1ccc(OC)cc1)C2. The highest BCUT2D eigenvalue weighted by atomic mass is 32.2. The molecule has 1 aliphatic carbocycles. The smallest absolute Gasteiger partial charge is 0.229 e. The minimum absolute atomic E-state index is 0.0831. The summed E-state index contributed by atoms with van der Waals surface area (Å²) in [5, 5.41) is 2.95. The number of fused-ring (bicyclic) bond motifs is 3. The summed E-state index contributed by atoms with van der Waals surface area (Å²) in [6.45, 7) is 2.56. The van der Waals surface area contributed by atoms with Crippen molar-refractivity contribution in [3.63, 3.8) is 0 Å². The van der Waals surface area contributed by atoms with E-state index in [9.17, 15) is 13.2 Å². The number of methoxy groups -OCH3 is 1. The fraction of sp³-hybridized carbons (Fsp3) is 0.632. The zero-order chi connectivity index (χ0) is 18.7. The highest BCUT2D eigenvalue weighted by molar-refractivity contribution is 7.89. The molecule has 3 fully saturated rings. The number of benzene rings is 1. The van der Waals surface area contributed by atoms with Crippen molar-refractivity contribution in [2.75, 3.05) is 24.7 Å². The summed E-state index contributed by atoms with van der Waals surface area (Å²) >= 11 is 0. The Morgan fingerprint density at radius 2 is 2.00 bits per heavy atom. The van der Waals surface area contributed by atoms with E-state index in [0.29, 0.717) is 18.7 Å². The van der Waals surface area contributed by atoms with Crippen molar-refractivity contribution in [3.05, 3.63) is 24.3 Å². The molecule has 6 nitrogen and oxygen atoms in total. The lowest BCUT2D eigenvalue weighted by molar-refractivity contribution is -0.125. The number of nitrogens with one attached hydrogen (secondary N) is 1. The molecule has 0 radical (unpaired) electrons. The Morgan fingerprint density at radius 3 is 2.62 bits per heavy atom. The van der Waals surface area contributed by atoms with Gasteiger partial charge in [0, 0.05) is 18.3 Å². The van der Waals surface area contributed by atoms with E-state index in [2.05, 4.69) is 5.32 Å². The molecule has 0 unspecified atom stereocenters. The van der Waals surface area contributed by atoms with Gasteiger partial charge in [-0.3, -0.25) is 4.79 Å². The van der Waals surface area contributed by atoms with Crippen molar-refractivity contribution in [1.82, 2.24) is 4.31 Å². The number of carbonyl (C=O) groups excluding carboxylic acids is 1. The van der Waals surface area contributed by atoms with E-state index >= 15 is 0 Å². The molecule has 4 rings (SSSR count). The number of sulfonamides is 1. The van der Waals surface area contributed by atoms with Crippen LogP contribution >= 0.6 is 0 Å². The highest BCUT2D eigenvalue weighted by Gasteiger charge is 2.47. The van der Waals surface area contributed by atoms with Crippen LogP contribution in [0.2, 0.25) is 0 Å². The number of nitrogens with zero attached hydrogens (tertiary/aromatic N) is 1. The Labute approximate surface area is 156 Å². The van der Waals surface area contributed by atoms with E-state index in [1.807, 2.05) is 6.92 Å². The van der Waals surface area contributed by atoms with Gasteiger partial charge >= 0.3 is 0 Å². The number of amides is 1. The van der Waals surface area contributed by atoms with Crippen LogP contribution in [0.25, 0.3) is 0 Å². The molecule has 2 bridgehead atoms. The molecule has 2 saturated heterocycles. The van der Waals surface area contributed by atoms with Gasteiger partial charge in [-0.05, 0) is 55.9 Å². The molecule has 7 heteroatoms. The Morgan fingerprint density at radius 1 is 1.27 bits per heavy atom. The van der Waals surface area contributed by atoms with E-state index in [4.69, 9.17) is 4.74 Å².